The van der Waals surface area contributed by atoms with Crippen LogP contribution in [0.15, 0.2) is 40.8 Å². The summed E-state index contributed by atoms with van der Waals surface area (Å²) < 4.78 is 6.47. The van der Waals surface area contributed by atoms with E-state index >= 15 is 0 Å². The third-order valence-corrected chi connectivity index (χ3v) is 6.66. The molecule has 6 nitrogen and oxygen atoms in total. The molecule has 1 atom stereocenters. The monoisotopic (exact) mass is 431 g/mol. The molecule has 0 amide bonds. The van der Waals surface area contributed by atoms with Crippen molar-refractivity contribution in [2.24, 2.45) is 17.6 Å². The number of carbonyl (C=O) groups is 2. The smallest absolute Gasteiger partial charge is 0.324 e. The Labute approximate surface area is 175 Å². The van der Waals surface area contributed by atoms with E-state index in [1.54, 1.807) is 12.1 Å². The molecular weight excluding hydrogens is 414 g/mol. The van der Waals surface area contributed by atoms with E-state index in [0.717, 1.165) is 5.39 Å². The number of hydrogen-bond donors (Lipinski definition) is 3. The Hall–Kier alpha value is -2.48. The summed E-state index contributed by atoms with van der Waals surface area (Å²) in [5.74, 6) is -3.17. The summed E-state index contributed by atoms with van der Waals surface area (Å²) in [7, 11) is 0. The molecule has 3 aromatic rings. The molecule has 2 aromatic carbocycles. The molecule has 1 aromatic heterocycles. The van der Waals surface area contributed by atoms with Crippen LogP contribution in [0.3, 0.4) is 0 Å². The van der Waals surface area contributed by atoms with Gasteiger partial charge in [-0.15, -0.1) is 0 Å². The summed E-state index contributed by atoms with van der Waals surface area (Å²) in [6.07, 6.45) is 0.357. The second-order valence-electron chi connectivity index (χ2n) is 7.55. The Balaban J connectivity index is 1.85. The third-order valence-electron chi connectivity index (χ3n) is 5.88. The molecule has 1 aliphatic carbocycles. The molecule has 1 heterocycles. The highest BCUT2D eigenvalue weighted by atomic mass is 35.5. The number of aliphatic carboxylic acids is 2. The van der Waals surface area contributed by atoms with Crippen molar-refractivity contribution in [2.45, 2.75) is 24.8 Å². The molecule has 1 aliphatic rings. The number of para-hydroxylation sites is 1. The van der Waals surface area contributed by atoms with Gasteiger partial charge in [0.05, 0.1) is 10.4 Å². The van der Waals surface area contributed by atoms with Crippen LogP contribution >= 0.6 is 23.8 Å². The lowest BCUT2D eigenvalue weighted by molar-refractivity contribution is -0.155. The van der Waals surface area contributed by atoms with Gasteiger partial charge in [0.15, 0.2) is 0 Å². The van der Waals surface area contributed by atoms with E-state index in [4.69, 9.17) is 39.1 Å². The van der Waals surface area contributed by atoms with E-state index in [9.17, 15) is 14.7 Å². The topological polar surface area (TPSA) is 114 Å². The van der Waals surface area contributed by atoms with Crippen LogP contribution in [0.1, 0.15) is 18.4 Å². The highest BCUT2D eigenvalue weighted by Gasteiger charge is 2.51. The van der Waals surface area contributed by atoms with Gasteiger partial charge in [-0.25, -0.2) is 0 Å². The minimum absolute atomic E-state index is 0.0764. The quantitative estimate of drug-likeness (QED) is 0.405. The first-order chi connectivity index (χ1) is 13.7. The van der Waals surface area contributed by atoms with Crippen molar-refractivity contribution in [3.05, 3.63) is 51.5 Å². The van der Waals surface area contributed by atoms with Gasteiger partial charge in [0.1, 0.15) is 16.7 Å². The van der Waals surface area contributed by atoms with Gasteiger partial charge in [-0.3, -0.25) is 9.59 Å². The van der Waals surface area contributed by atoms with Crippen LogP contribution in [0.2, 0.25) is 5.02 Å². The van der Waals surface area contributed by atoms with Crippen LogP contribution < -0.4 is 5.73 Å². The first kappa shape index (κ1) is 19.8. The molecule has 4 rings (SSSR count). The predicted octanol–water partition coefficient (Wildman–Crippen LogP) is 4.40. The fourth-order valence-corrected chi connectivity index (χ4v) is 4.65. The summed E-state index contributed by atoms with van der Waals surface area (Å²) in [4.78, 5) is 23.3. The Kier molecular flexibility index (Phi) is 4.85. The van der Waals surface area contributed by atoms with Crippen molar-refractivity contribution in [3.8, 4) is 0 Å². The molecule has 0 bridgehead atoms. The molecule has 0 radical (unpaired) electrons. The summed E-state index contributed by atoms with van der Waals surface area (Å²) in [5.41, 5.74) is 6.32. The number of halogens is 1. The SMILES string of the molecule is NC(Cc1c(Cl)ccc2oc3ccccc3c(=S)c12)(C(=O)O)C1CC(C(=O)O)C1. The maximum atomic E-state index is 12.1. The van der Waals surface area contributed by atoms with Crippen molar-refractivity contribution >= 4 is 57.7 Å². The Morgan fingerprint density at radius 1 is 1.17 bits per heavy atom. The fraction of sp³-hybridized carbons (Fsp3) is 0.286. The molecule has 1 unspecified atom stereocenters. The second-order valence-corrected chi connectivity index (χ2v) is 8.37. The minimum atomic E-state index is -1.66. The molecule has 1 fully saturated rings. The first-order valence-electron chi connectivity index (χ1n) is 9.10. The second kappa shape index (κ2) is 7.09. The van der Waals surface area contributed by atoms with Gasteiger partial charge in [-0.2, -0.15) is 0 Å². The van der Waals surface area contributed by atoms with E-state index in [-0.39, 0.29) is 19.3 Å². The number of hydrogen-bond acceptors (Lipinski definition) is 5. The zero-order valence-electron chi connectivity index (χ0n) is 15.2. The van der Waals surface area contributed by atoms with E-state index in [1.807, 2.05) is 24.3 Å². The number of benzene rings is 2. The molecule has 1 saturated carbocycles. The average molecular weight is 432 g/mol. The predicted molar refractivity (Wildman–Crippen MR) is 112 cm³/mol. The normalized spacial score (nSPS) is 20.9. The van der Waals surface area contributed by atoms with E-state index in [2.05, 4.69) is 0 Å². The first-order valence-corrected chi connectivity index (χ1v) is 9.89. The van der Waals surface area contributed by atoms with Gasteiger partial charge < -0.3 is 20.4 Å². The highest BCUT2D eigenvalue weighted by Crippen LogP contribution is 2.43. The Bertz CT molecular complexity index is 1220. The fourth-order valence-electron chi connectivity index (χ4n) is 4.03. The number of nitrogens with two attached hydrogens (primary N) is 1. The van der Waals surface area contributed by atoms with Crippen LogP contribution in [0.4, 0.5) is 0 Å². The van der Waals surface area contributed by atoms with Crippen molar-refractivity contribution in [1.82, 2.24) is 0 Å². The van der Waals surface area contributed by atoms with E-state index in [0.29, 0.717) is 31.6 Å². The Morgan fingerprint density at radius 2 is 1.86 bits per heavy atom. The summed E-state index contributed by atoms with van der Waals surface area (Å²) in [5, 5.41) is 20.7. The molecule has 0 aliphatic heterocycles. The molecule has 0 saturated heterocycles. The molecule has 29 heavy (non-hydrogen) atoms. The Morgan fingerprint density at radius 3 is 2.52 bits per heavy atom. The van der Waals surface area contributed by atoms with Crippen molar-refractivity contribution < 1.29 is 24.2 Å². The maximum absolute atomic E-state index is 12.1. The van der Waals surface area contributed by atoms with E-state index in [1.165, 1.54) is 0 Å². The summed E-state index contributed by atoms with van der Waals surface area (Å²) in [6, 6.07) is 10.7. The van der Waals surface area contributed by atoms with Crippen LogP contribution in [-0.2, 0) is 16.0 Å². The van der Waals surface area contributed by atoms with Gasteiger partial charge in [0.25, 0.3) is 0 Å². The lowest BCUT2D eigenvalue weighted by Gasteiger charge is -2.43. The van der Waals surface area contributed by atoms with Crippen LogP contribution in [0.5, 0.6) is 0 Å². The van der Waals surface area contributed by atoms with Crippen molar-refractivity contribution in [1.29, 1.82) is 0 Å². The van der Waals surface area contributed by atoms with Gasteiger partial charge in [0, 0.05) is 22.2 Å². The lowest BCUT2D eigenvalue weighted by Crippen LogP contribution is -2.60. The minimum Gasteiger partial charge on any atom is -0.481 e. The standard InChI is InChI=1S/C21H18ClNO5S/c22-14-5-6-16-17(18(29)12-3-1-2-4-15(12)28-16)13(14)9-21(23,20(26)27)11-7-10(8-11)19(24)25/h1-6,10-11H,7-9,23H2,(H,24,25)(H,26,27). The van der Waals surface area contributed by atoms with Gasteiger partial charge >= 0.3 is 11.9 Å². The number of rotatable bonds is 5. The summed E-state index contributed by atoms with van der Waals surface area (Å²) >= 11 is 12.1. The zero-order valence-corrected chi connectivity index (χ0v) is 16.8. The average Bonchev–Trinajstić information content (AvgIpc) is 2.62. The molecule has 4 N–H and O–H groups in total. The third kappa shape index (κ3) is 3.19. The van der Waals surface area contributed by atoms with Gasteiger partial charge in [-0.1, -0.05) is 36.0 Å². The van der Waals surface area contributed by atoms with Gasteiger partial charge in [-0.05, 0) is 48.6 Å². The molecule has 0 spiro atoms. The number of fused-ring (bicyclic) bond motifs is 2. The largest absolute Gasteiger partial charge is 0.481 e. The van der Waals surface area contributed by atoms with Crippen LogP contribution in [0, 0.1) is 16.3 Å². The zero-order chi connectivity index (χ0) is 20.9. The maximum Gasteiger partial charge on any atom is 0.324 e. The van der Waals surface area contributed by atoms with Crippen molar-refractivity contribution in [2.75, 3.05) is 0 Å². The number of carboxylic acid groups (broad SMARTS) is 2. The van der Waals surface area contributed by atoms with Gasteiger partial charge in [0.2, 0.25) is 0 Å². The van der Waals surface area contributed by atoms with Crippen LogP contribution in [-0.4, -0.2) is 27.7 Å². The highest BCUT2D eigenvalue weighted by molar-refractivity contribution is 7.72. The summed E-state index contributed by atoms with van der Waals surface area (Å²) in [6.45, 7) is 0. The molecule has 150 valence electrons. The molecular formula is C21H18ClNO5S. The van der Waals surface area contributed by atoms with Crippen LogP contribution in [0.25, 0.3) is 21.9 Å². The number of carboxylic acids is 2. The van der Waals surface area contributed by atoms with Crippen molar-refractivity contribution in [3.63, 3.8) is 0 Å². The lowest BCUT2D eigenvalue weighted by atomic mass is 9.63. The van der Waals surface area contributed by atoms with E-state index < -0.39 is 29.3 Å². The molecule has 8 heteroatoms.